The molecule has 3 aliphatic rings. The molecule has 1 aromatic rings. The lowest BCUT2D eigenvalue weighted by molar-refractivity contribution is 0.0517. The first-order chi connectivity index (χ1) is 16.1. The Kier molecular flexibility index (Phi) is 7.74. The minimum absolute atomic E-state index is 0.365. The van der Waals surface area contributed by atoms with E-state index in [1.807, 2.05) is 7.11 Å². The second-order valence-electron chi connectivity index (χ2n) is 12.9. The second-order valence-corrected chi connectivity index (χ2v) is 12.9. The molecule has 5 heteroatoms. The van der Waals surface area contributed by atoms with Gasteiger partial charge in [-0.15, -0.1) is 0 Å². The van der Waals surface area contributed by atoms with E-state index in [2.05, 4.69) is 68.6 Å². The second kappa shape index (κ2) is 10.3. The lowest BCUT2D eigenvalue weighted by Crippen LogP contribution is -2.48. The highest BCUT2D eigenvalue weighted by atomic mass is 16.5. The topological polar surface area (TPSA) is 28.2 Å². The van der Waals surface area contributed by atoms with Crippen molar-refractivity contribution in [1.29, 1.82) is 0 Å². The van der Waals surface area contributed by atoms with Crippen LogP contribution >= 0.6 is 0 Å². The van der Waals surface area contributed by atoms with Crippen LogP contribution in [-0.4, -0.2) is 72.0 Å². The first kappa shape index (κ1) is 25.6. The van der Waals surface area contributed by atoms with Crippen molar-refractivity contribution in [3.8, 4) is 5.75 Å². The van der Waals surface area contributed by atoms with Gasteiger partial charge in [-0.25, -0.2) is 0 Å². The highest BCUT2D eigenvalue weighted by Gasteiger charge is 2.40. The zero-order chi connectivity index (χ0) is 24.5. The highest BCUT2D eigenvalue weighted by Crippen LogP contribution is 2.54. The summed E-state index contributed by atoms with van der Waals surface area (Å²) in [6, 6.07) is 4.79. The maximum absolute atomic E-state index is 5.89. The molecule has 34 heavy (non-hydrogen) atoms. The fourth-order valence-corrected chi connectivity index (χ4v) is 7.22. The molecule has 0 bridgehead atoms. The molecular weight excluding hydrogens is 422 g/mol. The average molecular weight is 472 g/mol. The van der Waals surface area contributed by atoms with Crippen LogP contribution < -0.4 is 14.5 Å². The van der Waals surface area contributed by atoms with Gasteiger partial charge in [-0.1, -0.05) is 27.7 Å². The van der Waals surface area contributed by atoms with Crippen molar-refractivity contribution in [1.82, 2.24) is 4.90 Å². The number of hydrogen-bond acceptors (Lipinski definition) is 5. The molecule has 1 aromatic carbocycles. The summed E-state index contributed by atoms with van der Waals surface area (Å²) < 4.78 is 11.5. The van der Waals surface area contributed by atoms with Crippen molar-refractivity contribution in [2.75, 3.05) is 76.9 Å². The number of piperazine rings is 1. The van der Waals surface area contributed by atoms with Crippen LogP contribution in [0.2, 0.25) is 0 Å². The zero-order valence-corrected chi connectivity index (χ0v) is 23.0. The van der Waals surface area contributed by atoms with Crippen molar-refractivity contribution < 1.29 is 9.47 Å². The average Bonchev–Trinajstić information content (AvgIpc) is 2.77. The Morgan fingerprint density at radius 1 is 0.971 bits per heavy atom. The van der Waals surface area contributed by atoms with Crippen LogP contribution in [0.5, 0.6) is 5.75 Å². The Bertz CT molecular complexity index is 805. The quantitative estimate of drug-likeness (QED) is 0.536. The van der Waals surface area contributed by atoms with Crippen molar-refractivity contribution in [3.63, 3.8) is 0 Å². The molecule has 0 spiro atoms. The van der Waals surface area contributed by atoms with E-state index in [4.69, 9.17) is 9.47 Å². The fraction of sp³-hybridized carbons (Fsp3) is 0.793. The lowest BCUT2D eigenvalue weighted by atomic mass is 9.60. The molecule has 2 saturated heterocycles. The molecule has 0 aromatic heterocycles. The third-order valence-corrected chi connectivity index (χ3v) is 8.38. The summed E-state index contributed by atoms with van der Waals surface area (Å²) in [4.78, 5) is 7.54. The number of rotatable bonds is 6. The van der Waals surface area contributed by atoms with E-state index in [-0.39, 0.29) is 0 Å². The molecule has 0 unspecified atom stereocenters. The summed E-state index contributed by atoms with van der Waals surface area (Å²) in [5.74, 6) is 2.38. The molecule has 0 N–H and O–H groups in total. The molecule has 2 heterocycles. The molecule has 5 nitrogen and oxygen atoms in total. The first-order valence-corrected chi connectivity index (χ1v) is 13.5. The Hall–Kier alpha value is -1.46. The van der Waals surface area contributed by atoms with Crippen LogP contribution in [0.4, 0.5) is 11.4 Å². The largest absolute Gasteiger partial charge is 0.495 e. The van der Waals surface area contributed by atoms with Gasteiger partial charge in [0.15, 0.2) is 0 Å². The van der Waals surface area contributed by atoms with Crippen molar-refractivity contribution in [3.05, 3.63) is 17.7 Å². The summed E-state index contributed by atoms with van der Waals surface area (Å²) in [6.45, 7) is 17.5. The van der Waals surface area contributed by atoms with Gasteiger partial charge in [-0.05, 0) is 66.4 Å². The third-order valence-electron chi connectivity index (χ3n) is 8.38. The molecule has 0 amide bonds. The van der Waals surface area contributed by atoms with E-state index in [1.165, 1.54) is 55.6 Å². The summed E-state index contributed by atoms with van der Waals surface area (Å²) in [5, 5.41) is 0. The normalized spacial score (nSPS) is 24.3. The van der Waals surface area contributed by atoms with Crippen LogP contribution in [0.3, 0.4) is 0 Å². The van der Waals surface area contributed by atoms with E-state index >= 15 is 0 Å². The van der Waals surface area contributed by atoms with Crippen LogP contribution in [-0.2, 0) is 4.74 Å². The molecule has 3 fully saturated rings. The lowest BCUT2D eigenvalue weighted by Gasteiger charge is -2.46. The van der Waals surface area contributed by atoms with Gasteiger partial charge in [-0.3, -0.25) is 4.90 Å². The summed E-state index contributed by atoms with van der Waals surface area (Å²) >= 11 is 0. The van der Waals surface area contributed by atoms with Crippen LogP contribution in [0.15, 0.2) is 12.1 Å². The maximum Gasteiger partial charge on any atom is 0.144 e. The summed E-state index contributed by atoms with van der Waals surface area (Å²) in [5.41, 5.74) is 4.87. The molecule has 1 saturated carbocycles. The van der Waals surface area contributed by atoms with Crippen LogP contribution in [0.25, 0.3) is 0 Å². The third kappa shape index (κ3) is 6.02. The van der Waals surface area contributed by atoms with Gasteiger partial charge in [-0.2, -0.15) is 0 Å². The van der Waals surface area contributed by atoms with Gasteiger partial charge in [0.1, 0.15) is 5.75 Å². The molecule has 0 radical (unpaired) electrons. The Morgan fingerprint density at radius 2 is 1.59 bits per heavy atom. The van der Waals surface area contributed by atoms with Gasteiger partial charge in [0.25, 0.3) is 0 Å². The predicted molar refractivity (Wildman–Crippen MR) is 144 cm³/mol. The minimum Gasteiger partial charge on any atom is -0.495 e. The standard InChI is InChI=1S/C29H49N3O2/c1-28(2)18-23(19-29(3,4)21-28)24-16-26(30(5)6)27(33-7)17-25(24)32-12-10-31(11-13-32)20-22-8-14-34-15-9-22/h16-17,22-23H,8-15,18-21H2,1-7H3. The van der Waals surface area contributed by atoms with Gasteiger partial charge in [0.2, 0.25) is 0 Å². The van der Waals surface area contributed by atoms with E-state index in [0.29, 0.717) is 16.7 Å². The number of nitrogens with zero attached hydrogens (tertiary/aromatic N) is 3. The van der Waals surface area contributed by atoms with Gasteiger partial charge >= 0.3 is 0 Å². The van der Waals surface area contributed by atoms with E-state index in [0.717, 1.165) is 51.1 Å². The molecule has 192 valence electrons. The Labute approximate surface area is 208 Å². The van der Waals surface area contributed by atoms with Crippen LogP contribution in [0, 0.1) is 16.7 Å². The summed E-state index contributed by atoms with van der Waals surface area (Å²) in [6.07, 6.45) is 6.26. The number of benzene rings is 1. The molecular formula is C29H49N3O2. The van der Waals surface area contributed by atoms with Crippen molar-refractivity contribution >= 4 is 11.4 Å². The maximum atomic E-state index is 5.89. The summed E-state index contributed by atoms with van der Waals surface area (Å²) in [7, 11) is 6.07. The van der Waals surface area contributed by atoms with Crippen molar-refractivity contribution in [2.24, 2.45) is 16.7 Å². The minimum atomic E-state index is 0.365. The smallest absolute Gasteiger partial charge is 0.144 e. The van der Waals surface area contributed by atoms with E-state index in [1.54, 1.807) is 0 Å². The number of ether oxygens (including phenoxy) is 2. The number of hydrogen-bond donors (Lipinski definition) is 0. The van der Waals surface area contributed by atoms with E-state index in [9.17, 15) is 0 Å². The van der Waals surface area contributed by atoms with Crippen molar-refractivity contribution in [2.45, 2.75) is 65.7 Å². The van der Waals surface area contributed by atoms with Gasteiger partial charge in [0.05, 0.1) is 12.8 Å². The fourth-order valence-electron chi connectivity index (χ4n) is 7.22. The number of anilines is 2. The van der Waals surface area contributed by atoms with Gasteiger partial charge < -0.3 is 19.3 Å². The van der Waals surface area contributed by atoms with Gasteiger partial charge in [0, 0.05) is 71.8 Å². The first-order valence-electron chi connectivity index (χ1n) is 13.5. The van der Waals surface area contributed by atoms with Crippen LogP contribution in [0.1, 0.15) is 71.3 Å². The SMILES string of the molecule is COc1cc(N2CCN(CC3CCOCC3)CC2)c(C2CC(C)(C)CC(C)(C)C2)cc1N(C)C. The molecule has 1 aliphatic carbocycles. The monoisotopic (exact) mass is 471 g/mol. The zero-order valence-electron chi connectivity index (χ0n) is 23.0. The van der Waals surface area contributed by atoms with E-state index < -0.39 is 0 Å². The molecule has 0 atom stereocenters. The Morgan fingerprint density at radius 3 is 2.15 bits per heavy atom. The Balaban J connectivity index is 1.58. The predicted octanol–water partition coefficient (Wildman–Crippen LogP) is 5.63. The highest BCUT2D eigenvalue weighted by molar-refractivity contribution is 5.70. The number of methoxy groups -OCH3 is 1. The molecule has 2 aliphatic heterocycles. The molecule has 4 rings (SSSR count).